The van der Waals surface area contributed by atoms with E-state index in [1.807, 2.05) is 6.92 Å². The van der Waals surface area contributed by atoms with Gasteiger partial charge < -0.3 is 10.0 Å². The van der Waals surface area contributed by atoms with Gasteiger partial charge in [0.05, 0.1) is 11.8 Å². The molecule has 5 heteroatoms. The van der Waals surface area contributed by atoms with Gasteiger partial charge >= 0.3 is 0 Å². The molecule has 2 atom stereocenters. The van der Waals surface area contributed by atoms with Gasteiger partial charge in [0.2, 0.25) is 0 Å². The molecular weight excluding hydrogens is 348 g/mol. The fraction of sp³-hybridized carbons (Fsp3) is 0.609. The first-order valence-electron chi connectivity index (χ1n) is 11.0. The van der Waals surface area contributed by atoms with Crippen molar-refractivity contribution < 1.29 is 5.11 Å². The van der Waals surface area contributed by atoms with Crippen LogP contribution < -0.4 is 4.90 Å². The maximum Gasteiger partial charge on any atom is 0.0711 e. The van der Waals surface area contributed by atoms with E-state index in [0.29, 0.717) is 12.0 Å². The summed E-state index contributed by atoms with van der Waals surface area (Å²) >= 11 is 0. The zero-order chi connectivity index (χ0) is 19.1. The lowest BCUT2D eigenvalue weighted by molar-refractivity contribution is 0.131. The van der Waals surface area contributed by atoms with E-state index in [0.717, 1.165) is 44.0 Å². The Kier molecular flexibility index (Phi) is 4.89. The molecule has 0 amide bonds. The molecule has 2 fully saturated rings. The number of aromatic nitrogens is 2. The Labute approximate surface area is 167 Å². The van der Waals surface area contributed by atoms with E-state index in [2.05, 4.69) is 44.3 Å². The molecule has 0 saturated carbocycles. The molecule has 5 rings (SSSR count). The van der Waals surface area contributed by atoms with Gasteiger partial charge in [-0.3, -0.25) is 10.00 Å². The normalized spacial score (nSPS) is 26.1. The van der Waals surface area contributed by atoms with Gasteiger partial charge in [-0.15, -0.1) is 0 Å². The molecule has 2 saturated heterocycles. The van der Waals surface area contributed by atoms with Crippen molar-refractivity contribution in [1.82, 2.24) is 15.1 Å². The van der Waals surface area contributed by atoms with Crippen LogP contribution in [-0.2, 0) is 19.3 Å². The Morgan fingerprint density at radius 2 is 1.93 bits per heavy atom. The molecule has 0 spiro atoms. The zero-order valence-corrected chi connectivity index (χ0v) is 16.9. The van der Waals surface area contributed by atoms with E-state index in [1.54, 1.807) is 11.1 Å². The molecule has 0 bridgehead atoms. The van der Waals surface area contributed by atoms with Gasteiger partial charge in [0.25, 0.3) is 0 Å². The van der Waals surface area contributed by atoms with Crippen molar-refractivity contribution in [2.24, 2.45) is 5.92 Å². The fourth-order valence-electron chi connectivity index (χ4n) is 5.48. The van der Waals surface area contributed by atoms with Gasteiger partial charge in [-0.05, 0) is 74.8 Å². The smallest absolute Gasteiger partial charge is 0.0711 e. The largest absolute Gasteiger partial charge is 0.391 e. The number of aliphatic hydroxyl groups excluding tert-OH is 1. The summed E-state index contributed by atoms with van der Waals surface area (Å²) in [5.74, 6) is 0.303. The Hall–Kier alpha value is -1.85. The molecule has 3 heterocycles. The highest BCUT2D eigenvalue weighted by Gasteiger charge is 2.36. The van der Waals surface area contributed by atoms with E-state index in [-0.39, 0.29) is 6.10 Å². The minimum atomic E-state index is -0.230. The lowest BCUT2D eigenvalue weighted by Gasteiger charge is -2.38. The highest BCUT2D eigenvalue weighted by atomic mass is 16.3. The average Bonchev–Trinajstić information content (AvgIpc) is 3.42. The maximum atomic E-state index is 10.6. The summed E-state index contributed by atoms with van der Waals surface area (Å²) < 4.78 is 0. The van der Waals surface area contributed by atoms with Gasteiger partial charge in [0.15, 0.2) is 0 Å². The number of hydrogen-bond donors (Lipinski definition) is 2. The quantitative estimate of drug-likeness (QED) is 0.856. The first kappa shape index (κ1) is 18.2. The molecule has 1 aromatic heterocycles. The molecule has 3 aliphatic rings. The van der Waals surface area contributed by atoms with E-state index < -0.39 is 0 Å². The first-order valence-corrected chi connectivity index (χ1v) is 11.0. The Balaban J connectivity index is 1.17. The van der Waals surface area contributed by atoms with Crippen molar-refractivity contribution in [2.75, 3.05) is 31.1 Å². The van der Waals surface area contributed by atoms with Crippen LogP contribution in [0.1, 0.15) is 41.8 Å². The third-order valence-electron chi connectivity index (χ3n) is 7.09. The van der Waals surface area contributed by atoms with Gasteiger partial charge in [-0.2, -0.15) is 5.10 Å². The summed E-state index contributed by atoms with van der Waals surface area (Å²) in [7, 11) is 0. The number of aliphatic hydroxyl groups is 1. The molecule has 2 aliphatic heterocycles. The van der Waals surface area contributed by atoms with Crippen LogP contribution >= 0.6 is 0 Å². The number of hydrogen-bond acceptors (Lipinski definition) is 4. The summed E-state index contributed by atoms with van der Waals surface area (Å²) in [6.45, 7) is 6.09. The molecule has 5 nitrogen and oxygen atoms in total. The summed E-state index contributed by atoms with van der Waals surface area (Å²) in [5, 5.41) is 18.0. The number of likely N-dealkylation sites (tertiary alicyclic amines) is 1. The second-order valence-electron chi connectivity index (χ2n) is 9.05. The number of nitrogens with one attached hydrogen (secondary N) is 1. The number of H-pyrrole nitrogens is 1. The van der Waals surface area contributed by atoms with E-state index >= 15 is 0 Å². The molecule has 0 radical (unpaired) electrons. The summed E-state index contributed by atoms with van der Waals surface area (Å²) in [5.41, 5.74) is 6.71. The van der Waals surface area contributed by atoms with Crippen molar-refractivity contribution in [3.05, 3.63) is 46.8 Å². The van der Waals surface area contributed by atoms with E-state index in [4.69, 9.17) is 0 Å². The Morgan fingerprint density at radius 1 is 1.11 bits per heavy atom. The molecule has 150 valence electrons. The van der Waals surface area contributed by atoms with Crippen LogP contribution in [0.5, 0.6) is 0 Å². The zero-order valence-electron chi connectivity index (χ0n) is 16.9. The third kappa shape index (κ3) is 3.58. The van der Waals surface area contributed by atoms with Gasteiger partial charge in [0, 0.05) is 49.5 Å². The van der Waals surface area contributed by atoms with Crippen LogP contribution in [-0.4, -0.2) is 58.5 Å². The number of anilines is 1. The number of piperidine rings is 1. The summed E-state index contributed by atoms with van der Waals surface area (Å²) in [6.07, 6.45) is 6.85. The molecule has 2 N–H and O–H groups in total. The number of rotatable bonds is 4. The van der Waals surface area contributed by atoms with Crippen molar-refractivity contribution in [3.8, 4) is 0 Å². The lowest BCUT2D eigenvalue weighted by atomic mass is 9.99. The minimum absolute atomic E-state index is 0.230. The van der Waals surface area contributed by atoms with E-state index in [1.165, 1.54) is 37.8 Å². The van der Waals surface area contributed by atoms with Crippen molar-refractivity contribution in [3.63, 3.8) is 0 Å². The second-order valence-corrected chi connectivity index (χ2v) is 9.05. The van der Waals surface area contributed by atoms with Crippen LogP contribution in [0.3, 0.4) is 0 Å². The highest BCUT2D eigenvalue weighted by Crippen LogP contribution is 2.31. The fourth-order valence-corrected chi connectivity index (χ4v) is 5.48. The number of aryl methyl sites for hydroxylation is 3. The average molecular weight is 381 g/mol. The number of fused-ring (bicyclic) bond motifs is 1. The Morgan fingerprint density at radius 3 is 2.71 bits per heavy atom. The summed E-state index contributed by atoms with van der Waals surface area (Å²) in [4.78, 5) is 5.10. The lowest BCUT2D eigenvalue weighted by Crippen LogP contribution is -2.44. The van der Waals surface area contributed by atoms with Gasteiger partial charge in [0.1, 0.15) is 0 Å². The highest BCUT2D eigenvalue weighted by molar-refractivity contribution is 5.52. The van der Waals surface area contributed by atoms with Crippen LogP contribution in [0.2, 0.25) is 0 Å². The Bertz CT molecular complexity index is 824. The first-order chi connectivity index (χ1) is 13.7. The molecule has 28 heavy (non-hydrogen) atoms. The van der Waals surface area contributed by atoms with Crippen LogP contribution in [0, 0.1) is 12.8 Å². The predicted octanol–water partition coefficient (Wildman–Crippen LogP) is 2.71. The van der Waals surface area contributed by atoms with E-state index in [9.17, 15) is 5.11 Å². The molecular formula is C23H32N4O. The third-order valence-corrected chi connectivity index (χ3v) is 7.09. The van der Waals surface area contributed by atoms with Crippen molar-refractivity contribution in [1.29, 1.82) is 0 Å². The monoisotopic (exact) mass is 380 g/mol. The second kappa shape index (κ2) is 7.53. The van der Waals surface area contributed by atoms with Crippen molar-refractivity contribution in [2.45, 2.75) is 57.6 Å². The maximum absolute atomic E-state index is 10.6. The SMILES string of the molecule is Cc1cc(C[C@@H]2CN(C3CCN(c4ccc5c(c4)CCC5)CC3)C[C@@H]2O)n[nH]1. The number of benzene rings is 1. The topological polar surface area (TPSA) is 55.4 Å². The summed E-state index contributed by atoms with van der Waals surface area (Å²) in [6, 6.07) is 9.81. The van der Waals surface area contributed by atoms with Crippen molar-refractivity contribution >= 4 is 5.69 Å². The number of aromatic amines is 1. The van der Waals surface area contributed by atoms with Crippen LogP contribution in [0.4, 0.5) is 5.69 Å². The molecule has 2 aromatic rings. The number of β-amino-alcohol motifs (C(OH)–C–C–N with tert-alkyl or cyclic N) is 1. The van der Waals surface area contributed by atoms with Crippen LogP contribution in [0.25, 0.3) is 0 Å². The molecule has 1 aliphatic carbocycles. The minimum Gasteiger partial charge on any atom is -0.391 e. The molecule has 0 unspecified atom stereocenters. The predicted molar refractivity (Wildman–Crippen MR) is 112 cm³/mol. The van der Waals surface area contributed by atoms with Crippen LogP contribution in [0.15, 0.2) is 24.3 Å². The van der Waals surface area contributed by atoms with Gasteiger partial charge in [-0.1, -0.05) is 6.07 Å². The van der Waals surface area contributed by atoms with Gasteiger partial charge in [-0.25, -0.2) is 0 Å². The standard InChI is InChI=1S/C23H32N4O/c1-16-11-20(25-24-16)12-19-14-27(15-23(19)28)21-7-9-26(10-8-21)22-6-5-17-3-2-4-18(17)13-22/h5-6,11,13,19,21,23,28H,2-4,7-10,12,14-15H2,1H3,(H,24,25)/t19-,23+/m1/s1. The molecule has 1 aromatic carbocycles. The number of nitrogens with zero attached hydrogens (tertiary/aromatic N) is 3.